The van der Waals surface area contributed by atoms with Gasteiger partial charge in [0.15, 0.2) is 0 Å². The molecule has 1 aliphatic rings. The summed E-state index contributed by atoms with van der Waals surface area (Å²) < 4.78 is 5.46. The van der Waals surface area contributed by atoms with Gasteiger partial charge >= 0.3 is 0 Å². The molecular weight excluding hydrogens is 327 g/mol. The van der Waals surface area contributed by atoms with Gasteiger partial charge in [0.25, 0.3) is 5.91 Å². The maximum absolute atomic E-state index is 12.4. The van der Waals surface area contributed by atoms with Crippen molar-refractivity contribution in [1.29, 1.82) is 0 Å². The van der Waals surface area contributed by atoms with E-state index in [9.17, 15) is 4.79 Å². The minimum absolute atomic E-state index is 0. The second-order valence-electron chi connectivity index (χ2n) is 4.72. The van der Waals surface area contributed by atoms with Crippen LogP contribution in [0.15, 0.2) is 30.5 Å². The molecule has 8 heteroatoms. The van der Waals surface area contributed by atoms with Crippen LogP contribution in [0, 0.1) is 0 Å². The van der Waals surface area contributed by atoms with E-state index >= 15 is 0 Å². The number of aromatic nitrogens is 2. The third-order valence-corrected chi connectivity index (χ3v) is 3.36. The fourth-order valence-electron chi connectivity index (χ4n) is 2.27. The molecule has 22 heavy (non-hydrogen) atoms. The number of amides is 1. The zero-order valence-corrected chi connectivity index (χ0v) is 13.5. The van der Waals surface area contributed by atoms with Crippen LogP contribution in [-0.4, -0.2) is 53.1 Å². The average Bonchev–Trinajstić information content (AvgIpc) is 2.53. The molecule has 0 spiro atoms. The largest absolute Gasteiger partial charge is 0.373 e. The molecule has 2 heterocycles. The quantitative estimate of drug-likeness (QED) is 0.887. The number of fused-ring (bicyclic) bond motifs is 1. The molecule has 2 aromatic rings. The first kappa shape index (κ1) is 18.6. The molecule has 120 valence electrons. The van der Waals surface area contributed by atoms with E-state index in [0.717, 1.165) is 11.0 Å². The number of ether oxygens (including phenoxy) is 1. The highest BCUT2D eigenvalue weighted by atomic mass is 35.5. The van der Waals surface area contributed by atoms with Crippen molar-refractivity contribution in [2.75, 3.05) is 26.2 Å². The molecule has 6 nitrogen and oxygen atoms in total. The minimum Gasteiger partial charge on any atom is -0.373 e. The SMILES string of the molecule is Cl.Cl.NCC1CN(C(=O)c2cnc3ccccc3n2)CCO1. The Balaban J connectivity index is 0.00000121. The number of nitrogens with zero attached hydrogens (tertiary/aromatic N) is 3. The third kappa shape index (κ3) is 3.84. The number of halogens is 2. The smallest absolute Gasteiger partial charge is 0.274 e. The number of para-hydroxylation sites is 2. The summed E-state index contributed by atoms with van der Waals surface area (Å²) in [7, 11) is 0. The van der Waals surface area contributed by atoms with Crippen LogP contribution in [0.4, 0.5) is 0 Å². The van der Waals surface area contributed by atoms with Crippen molar-refractivity contribution < 1.29 is 9.53 Å². The van der Waals surface area contributed by atoms with Crippen molar-refractivity contribution in [2.45, 2.75) is 6.10 Å². The van der Waals surface area contributed by atoms with Crippen LogP contribution in [-0.2, 0) is 4.74 Å². The van der Waals surface area contributed by atoms with Crippen molar-refractivity contribution in [3.63, 3.8) is 0 Å². The summed E-state index contributed by atoms with van der Waals surface area (Å²) in [5.41, 5.74) is 7.46. The van der Waals surface area contributed by atoms with Gasteiger partial charge in [-0.15, -0.1) is 24.8 Å². The van der Waals surface area contributed by atoms with E-state index in [0.29, 0.717) is 31.9 Å². The molecule has 1 atom stereocenters. The lowest BCUT2D eigenvalue weighted by Crippen LogP contribution is -2.48. The molecule has 2 N–H and O–H groups in total. The second kappa shape index (κ2) is 8.24. The zero-order chi connectivity index (χ0) is 13.9. The van der Waals surface area contributed by atoms with Crippen LogP contribution < -0.4 is 5.73 Å². The van der Waals surface area contributed by atoms with Crippen molar-refractivity contribution in [1.82, 2.24) is 14.9 Å². The lowest BCUT2D eigenvalue weighted by molar-refractivity contribution is -0.0169. The Kier molecular flexibility index (Phi) is 6.96. The van der Waals surface area contributed by atoms with Gasteiger partial charge in [0.1, 0.15) is 5.69 Å². The summed E-state index contributed by atoms with van der Waals surface area (Å²) in [6, 6.07) is 7.49. The predicted octanol–water partition coefficient (Wildman–Crippen LogP) is 1.27. The maximum atomic E-state index is 12.4. The van der Waals surface area contributed by atoms with Gasteiger partial charge in [0.05, 0.1) is 29.9 Å². The normalized spacial score (nSPS) is 17.5. The van der Waals surface area contributed by atoms with Gasteiger partial charge < -0.3 is 15.4 Å². The molecule has 1 saturated heterocycles. The summed E-state index contributed by atoms with van der Waals surface area (Å²) >= 11 is 0. The molecule has 1 amide bonds. The van der Waals surface area contributed by atoms with Crippen LogP contribution in [0.25, 0.3) is 11.0 Å². The highest BCUT2D eigenvalue weighted by Gasteiger charge is 2.25. The Labute approximate surface area is 140 Å². The van der Waals surface area contributed by atoms with Gasteiger partial charge in [-0.25, -0.2) is 4.98 Å². The predicted molar refractivity (Wildman–Crippen MR) is 88.7 cm³/mol. The number of hydrogen-bond donors (Lipinski definition) is 1. The van der Waals surface area contributed by atoms with Crippen LogP contribution in [0.5, 0.6) is 0 Å². The number of benzene rings is 1. The lowest BCUT2D eigenvalue weighted by Gasteiger charge is -2.32. The Morgan fingerprint density at radius 3 is 2.77 bits per heavy atom. The van der Waals surface area contributed by atoms with E-state index in [4.69, 9.17) is 10.5 Å². The van der Waals surface area contributed by atoms with Gasteiger partial charge in [-0.05, 0) is 12.1 Å². The molecule has 0 saturated carbocycles. The number of morpholine rings is 1. The molecule has 0 aliphatic carbocycles. The fourth-order valence-corrected chi connectivity index (χ4v) is 2.27. The van der Waals surface area contributed by atoms with Crippen molar-refractivity contribution in [3.8, 4) is 0 Å². The van der Waals surface area contributed by atoms with Crippen LogP contribution in [0.2, 0.25) is 0 Å². The molecule has 1 aromatic carbocycles. The lowest BCUT2D eigenvalue weighted by atomic mass is 10.2. The van der Waals surface area contributed by atoms with E-state index in [1.165, 1.54) is 6.20 Å². The van der Waals surface area contributed by atoms with Crippen LogP contribution in [0.1, 0.15) is 10.5 Å². The van der Waals surface area contributed by atoms with Crippen molar-refractivity contribution in [3.05, 3.63) is 36.2 Å². The molecule has 1 fully saturated rings. The van der Waals surface area contributed by atoms with E-state index < -0.39 is 0 Å². The molecule has 1 aliphatic heterocycles. The number of rotatable bonds is 2. The summed E-state index contributed by atoms with van der Waals surface area (Å²) in [6.07, 6.45) is 1.43. The number of hydrogen-bond acceptors (Lipinski definition) is 5. The fraction of sp³-hybridized carbons (Fsp3) is 0.357. The van der Waals surface area contributed by atoms with Crippen LogP contribution >= 0.6 is 24.8 Å². The van der Waals surface area contributed by atoms with Gasteiger partial charge in [0.2, 0.25) is 0 Å². The van der Waals surface area contributed by atoms with E-state index in [2.05, 4.69) is 9.97 Å². The molecule has 3 rings (SSSR count). The first-order valence-electron chi connectivity index (χ1n) is 6.60. The Bertz CT molecular complexity index is 641. The number of carbonyl (C=O) groups is 1. The Morgan fingerprint density at radius 1 is 1.32 bits per heavy atom. The average molecular weight is 345 g/mol. The Morgan fingerprint density at radius 2 is 2.05 bits per heavy atom. The summed E-state index contributed by atoms with van der Waals surface area (Å²) in [5.74, 6) is -0.120. The van der Waals surface area contributed by atoms with E-state index in [-0.39, 0.29) is 36.8 Å². The highest BCUT2D eigenvalue weighted by molar-refractivity contribution is 5.93. The number of carbonyl (C=O) groups excluding carboxylic acids is 1. The molecule has 1 aromatic heterocycles. The first-order chi connectivity index (χ1) is 9.78. The zero-order valence-electron chi connectivity index (χ0n) is 11.8. The van der Waals surface area contributed by atoms with Crippen molar-refractivity contribution in [2.24, 2.45) is 5.73 Å². The molecule has 0 bridgehead atoms. The monoisotopic (exact) mass is 344 g/mol. The summed E-state index contributed by atoms with van der Waals surface area (Å²) in [4.78, 5) is 22.8. The van der Waals surface area contributed by atoms with Crippen molar-refractivity contribution >= 4 is 41.8 Å². The van der Waals surface area contributed by atoms with Gasteiger partial charge in [0, 0.05) is 19.6 Å². The first-order valence-corrected chi connectivity index (χ1v) is 6.60. The molecular formula is C14H18Cl2N4O2. The highest BCUT2D eigenvalue weighted by Crippen LogP contribution is 2.12. The van der Waals surface area contributed by atoms with E-state index in [1.807, 2.05) is 24.3 Å². The number of nitrogens with two attached hydrogens (primary N) is 1. The van der Waals surface area contributed by atoms with Gasteiger partial charge in [-0.2, -0.15) is 0 Å². The molecule has 1 unspecified atom stereocenters. The van der Waals surface area contributed by atoms with Crippen LogP contribution in [0.3, 0.4) is 0 Å². The Hall–Kier alpha value is -1.47. The standard InChI is InChI=1S/C14H16N4O2.2ClH/c15-7-10-9-18(5-6-20-10)14(19)13-8-16-11-3-1-2-4-12(11)17-13;;/h1-4,8,10H,5-7,9,15H2;2*1H. The van der Waals surface area contributed by atoms with E-state index in [1.54, 1.807) is 4.90 Å². The third-order valence-electron chi connectivity index (χ3n) is 3.36. The summed E-state index contributed by atoms with van der Waals surface area (Å²) in [6.45, 7) is 1.98. The second-order valence-corrected chi connectivity index (χ2v) is 4.72. The van der Waals surface area contributed by atoms with Gasteiger partial charge in [-0.1, -0.05) is 12.1 Å². The van der Waals surface area contributed by atoms with Gasteiger partial charge in [-0.3, -0.25) is 9.78 Å². The minimum atomic E-state index is -0.120. The summed E-state index contributed by atoms with van der Waals surface area (Å²) in [5, 5.41) is 0. The topological polar surface area (TPSA) is 81.3 Å². The molecule has 0 radical (unpaired) electrons. The maximum Gasteiger partial charge on any atom is 0.274 e.